The van der Waals surface area contributed by atoms with Gasteiger partial charge in [0.05, 0.1) is 16.3 Å². The Labute approximate surface area is 103 Å². The molecular formula is C11H13N3O4. The normalized spacial score (nSPS) is 20.6. The molecule has 0 amide bonds. The molecule has 0 bridgehead atoms. The van der Waals surface area contributed by atoms with Crippen molar-refractivity contribution in [3.05, 3.63) is 28.3 Å². The molecule has 0 aromatic heterocycles. The number of hydrogen-bond donors (Lipinski definition) is 2. The maximum Gasteiger partial charge on any atom is 0.271 e. The first kappa shape index (κ1) is 11.2. The second-order valence-corrected chi connectivity index (χ2v) is 4.74. The highest BCUT2D eigenvalue weighted by atomic mass is 16.6. The second-order valence-electron chi connectivity index (χ2n) is 4.74. The van der Waals surface area contributed by atoms with Gasteiger partial charge < -0.3 is 0 Å². The van der Waals surface area contributed by atoms with Gasteiger partial charge in [0.1, 0.15) is 0 Å². The van der Waals surface area contributed by atoms with E-state index in [4.69, 9.17) is 0 Å². The van der Waals surface area contributed by atoms with Gasteiger partial charge in [-0.3, -0.25) is 20.5 Å². The number of nitrogens with zero attached hydrogens (tertiary/aromatic N) is 3. The molecular weight excluding hydrogens is 238 g/mol. The molecule has 0 radical (unpaired) electrons. The Kier molecular flexibility index (Phi) is 2.23. The molecule has 1 heterocycles. The summed E-state index contributed by atoms with van der Waals surface area (Å²) in [7, 11) is 0. The van der Waals surface area contributed by atoms with Crippen molar-refractivity contribution in [1.82, 2.24) is 0 Å². The lowest BCUT2D eigenvalue weighted by molar-refractivity contribution is -0.384. The Hall–Kier alpha value is -1.86. The first-order chi connectivity index (χ1) is 8.56. The third-order valence-corrected chi connectivity index (χ3v) is 3.82. The smallest absolute Gasteiger partial charge is 0.271 e. The van der Waals surface area contributed by atoms with Crippen LogP contribution >= 0.6 is 0 Å². The van der Waals surface area contributed by atoms with Crippen LogP contribution in [-0.2, 0) is 0 Å². The molecule has 2 aliphatic rings. The summed E-state index contributed by atoms with van der Waals surface area (Å²) in [6.45, 7) is 0. The molecule has 2 N–H and O–H groups in total. The molecule has 1 spiro atoms. The van der Waals surface area contributed by atoms with Crippen LogP contribution in [0.15, 0.2) is 18.2 Å². The third kappa shape index (κ3) is 1.25. The Morgan fingerprint density at radius 1 is 1.17 bits per heavy atom. The van der Waals surface area contributed by atoms with Crippen LogP contribution in [0.5, 0.6) is 0 Å². The zero-order valence-corrected chi connectivity index (χ0v) is 9.61. The molecule has 1 aliphatic carbocycles. The van der Waals surface area contributed by atoms with Crippen LogP contribution in [0.2, 0.25) is 0 Å². The molecule has 0 atom stereocenters. The van der Waals surface area contributed by atoms with Gasteiger partial charge in [-0.1, -0.05) is 0 Å². The lowest BCUT2D eigenvalue weighted by atomic mass is 10.1. The number of hydroxylamine groups is 2. The van der Waals surface area contributed by atoms with E-state index in [1.807, 2.05) is 0 Å². The van der Waals surface area contributed by atoms with Crippen molar-refractivity contribution in [1.29, 1.82) is 0 Å². The largest absolute Gasteiger partial charge is 0.286 e. The van der Waals surface area contributed by atoms with Gasteiger partial charge in [-0.05, 0) is 31.7 Å². The molecule has 1 aliphatic heterocycles. The van der Waals surface area contributed by atoms with Crippen molar-refractivity contribution in [2.24, 2.45) is 0 Å². The monoisotopic (exact) mass is 251 g/mol. The molecule has 1 fully saturated rings. The minimum Gasteiger partial charge on any atom is -0.286 e. The van der Waals surface area contributed by atoms with E-state index in [0.29, 0.717) is 18.5 Å². The summed E-state index contributed by atoms with van der Waals surface area (Å²) >= 11 is 0. The molecule has 1 aromatic carbocycles. The number of rotatable bonds is 1. The van der Waals surface area contributed by atoms with Crippen LogP contribution < -0.4 is 10.1 Å². The Balaban J connectivity index is 2.09. The van der Waals surface area contributed by atoms with Gasteiger partial charge in [-0.15, -0.1) is 0 Å². The number of nitro groups is 1. The molecule has 1 aromatic rings. The number of non-ortho nitro benzene ring substituents is 1. The zero-order valence-electron chi connectivity index (χ0n) is 9.61. The number of hydrogen-bond acceptors (Lipinski definition) is 6. The van der Waals surface area contributed by atoms with Crippen LogP contribution in [-0.4, -0.2) is 21.0 Å². The molecule has 0 saturated heterocycles. The maximum absolute atomic E-state index is 10.7. The van der Waals surface area contributed by atoms with Crippen LogP contribution in [0, 0.1) is 10.1 Å². The summed E-state index contributed by atoms with van der Waals surface area (Å²) in [5.74, 6) is 0. The van der Waals surface area contributed by atoms with Crippen LogP contribution in [0.3, 0.4) is 0 Å². The summed E-state index contributed by atoms with van der Waals surface area (Å²) in [5, 5.41) is 33.2. The van der Waals surface area contributed by atoms with Crippen LogP contribution in [0.4, 0.5) is 17.1 Å². The first-order valence-corrected chi connectivity index (χ1v) is 5.83. The van der Waals surface area contributed by atoms with Crippen molar-refractivity contribution in [3.63, 3.8) is 0 Å². The summed E-state index contributed by atoms with van der Waals surface area (Å²) in [6, 6.07) is 4.07. The second kappa shape index (κ2) is 3.56. The van der Waals surface area contributed by atoms with Gasteiger partial charge in [0.25, 0.3) is 5.69 Å². The zero-order chi connectivity index (χ0) is 12.9. The lowest BCUT2D eigenvalue weighted by Crippen LogP contribution is -2.52. The highest BCUT2D eigenvalue weighted by Gasteiger charge is 2.51. The summed E-state index contributed by atoms with van der Waals surface area (Å²) < 4.78 is 0. The standard InChI is InChI=1S/C11H13N3O4/c15-12-9-4-3-8(14(17)18)7-10(9)13(16)11(12)5-1-2-6-11/h3-4,7,15-16H,1-2,5-6H2. The van der Waals surface area contributed by atoms with Crippen LogP contribution in [0.1, 0.15) is 25.7 Å². The van der Waals surface area contributed by atoms with Crippen molar-refractivity contribution in [3.8, 4) is 0 Å². The van der Waals surface area contributed by atoms with Gasteiger partial charge in [0.2, 0.25) is 0 Å². The van der Waals surface area contributed by atoms with E-state index in [1.54, 1.807) is 0 Å². The average Bonchev–Trinajstić information content (AvgIpc) is 2.92. The van der Waals surface area contributed by atoms with E-state index >= 15 is 0 Å². The third-order valence-electron chi connectivity index (χ3n) is 3.82. The molecule has 3 rings (SSSR count). The predicted octanol–water partition coefficient (Wildman–Crippen LogP) is 2.27. The van der Waals surface area contributed by atoms with Gasteiger partial charge in [-0.25, -0.2) is 10.1 Å². The fraction of sp³-hybridized carbons (Fsp3) is 0.455. The van der Waals surface area contributed by atoms with Crippen molar-refractivity contribution < 1.29 is 15.3 Å². The van der Waals surface area contributed by atoms with E-state index < -0.39 is 10.6 Å². The number of anilines is 2. The highest BCUT2D eigenvalue weighted by molar-refractivity contribution is 5.79. The molecule has 96 valence electrons. The van der Waals surface area contributed by atoms with Crippen LogP contribution in [0.25, 0.3) is 0 Å². The summed E-state index contributed by atoms with van der Waals surface area (Å²) in [5.41, 5.74) is -0.257. The Morgan fingerprint density at radius 2 is 1.78 bits per heavy atom. The Morgan fingerprint density at radius 3 is 2.39 bits per heavy atom. The number of fused-ring (bicyclic) bond motifs is 1. The van der Waals surface area contributed by atoms with Crippen molar-refractivity contribution in [2.45, 2.75) is 31.3 Å². The van der Waals surface area contributed by atoms with Gasteiger partial charge in [-0.2, -0.15) is 0 Å². The van der Waals surface area contributed by atoms with Crippen molar-refractivity contribution in [2.75, 3.05) is 10.1 Å². The minimum absolute atomic E-state index is 0.101. The van der Waals surface area contributed by atoms with Gasteiger partial charge >= 0.3 is 0 Å². The molecule has 1 saturated carbocycles. The number of benzene rings is 1. The first-order valence-electron chi connectivity index (χ1n) is 5.83. The predicted molar refractivity (Wildman–Crippen MR) is 62.8 cm³/mol. The Bertz CT molecular complexity index is 513. The van der Waals surface area contributed by atoms with Gasteiger partial charge in [0.15, 0.2) is 5.66 Å². The van der Waals surface area contributed by atoms with E-state index in [9.17, 15) is 20.5 Å². The fourth-order valence-electron chi connectivity index (χ4n) is 2.88. The topological polar surface area (TPSA) is 90.1 Å². The number of nitro benzene ring substituents is 1. The molecule has 18 heavy (non-hydrogen) atoms. The summed E-state index contributed by atoms with van der Waals surface area (Å²) in [4.78, 5) is 10.2. The fourth-order valence-corrected chi connectivity index (χ4v) is 2.88. The van der Waals surface area contributed by atoms with E-state index in [2.05, 4.69) is 0 Å². The molecule has 0 unspecified atom stereocenters. The summed E-state index contributed by atoms with van der Waals surface area (Å²) in [6.07, 6.45) is 3.07. The van der Waals surface area contributed by atoms with E-state index in [-0.39, 0.29) is 11.4 Å². The SMILES string of the molecule is O=[N+]([O-])c1ccc2c(c1)N(O)C1(CCCC1)N2O. The molecule has 7 nitrogen and oxygen atoms in total. The van der Waals surface area contributed by atoms with Gasteiger partial charge in [0, 0.05) is 12.1 Å². The highest BCUT2D eigenvalue weighted by Crippen LogP contribution is 2.50. The lowest BCUT2D eigenvalue weighted by Gasteiger charge is -2.35. The average molecular weight is 251 g/mol. The van der Waals surface area contributed by atoms with E-state index in [1.165, 1.54) is 18.2 Å². The quantitative estimate of drug-likeness (QED) is 0.587. The minimum atomic E-state index is -0.850. The maximum atomic E-state index is 10.7. The van der Waals surface area contributed by atoms with Crippen molar-refractivity contribution >= 4 is 17.1 Å². The van der Waals surface area contributed by atoms with E-state index in [0.717, 1.165) is 23.0 Å². The molecule has 7 heteroatoms.